The van der Waals surface area contributed by atoms with E-state index in [4.69, 9.17) is 0 Å². The molecule has 0 spiro atoms. The largest absolute Gasteiger partial charge is 0.481 e. The lowest BCUT2D eigenvalue weighted by Gasteiger charge is -2.72. The highest BCUT2D eigenvalue weighted by atomic mass is 32.2. The molecule has 5 fully saturated rings. The number of carbonyl (C=O) groups is 1. The van der Waals surface area contributed by atoms with Crippen molar-refractivity contribution in [2.45, 2.75) is 167 Å². The van der Waals surface area contributed by atoms with Crippen LogP contribution >= 0.6 is 0 Å². The third-order valence-corrected chi connectivity index (χ3v) is 20.5. The summed E-state index contributed by atoms with van der Waals surface area (Å²) in [6.45, 7) is 19.7. The average molecular weight is 770 g/mol. The van der Waals surface area contributed by atoms with Gasteiger partial charge in [0.2, 0.25) is 0 Å². The van der Waals surface area contributed by atoms with E-state index >= 15 is 0 Å². The molecule has 0 amide bonds. The summed E-state index contributed by atoms with van der Waals surface area (Å²) >= 11 is 0. The minimum absolute atomic E-state index is 0.0346. The van der Waals surface area contributed by atoms with Crippen LogP contribution in [0.15, 0.2) is 35.5 Å². The SMILES string of the molecule is C=C(C)[C@@H]1CC[C@]2(NCCC3(O)CCC(S(C)(=O)=O)CC3)CC[C@]3(C)[C@H](CC[C@@H]4[C@@]5(C)CC=C(C6=CCC(CF)(C(=O)O)CC6)C(C)(C)[C@@H]5CC[C@]43C)[C@@H]12. The maximum Gasteiger partial charge on any atom is 0.312 e. The summed E-state index contributed by atoms with van der Waals surface area (Å²) in [4.78, 5) is 12.0. The standard InChI is InChI=1S/C46H72FNO5S/c1-30(2)33-15-24-46(48-28-27-45(51)22-13-32(14-23-45)54(8,52)53)26-25-42(6)35(38(33)46)9-10-37-41(5)18-16-34(40(3,4)36(41)17-19-43(37,42)7)31-11-20-44(29-47,21-12-31)39(49)50/h11,16,32-33,35-38,48,51H,1,9-10,12-15,17-29H2,2-8H3,(H,49,50)/t32?,33-,35+,36-,37+,38+,41-,42+,43+,44?,45?,46-/m0/s1. The molecule has 0 radical (unpaired) electrons. The van der Waals surface area contributed by atoms with Crippen LogP contribution in [0.3, 0.4) is 0 Å². The fraction of sp³-hybridized carbons (Fsp3) is 0.848. The number of nitrogens with one attached hydrogen (secondary N) is 1. The molecule has 0 aromatic rings. The predicted octanol–water partition coefficient (Wildman–Crippen LogP) is 9.78. The number of hydrogen-bond donors (Lipinski definition) is 3. The van der Waals surface area contributed by atoms with E-state index in [0.717, 1.165) is 25.8 Å². The zero-order valence-corrected chi connectivity index (χ0v) is 35.5. The molecular formula is C46H72FNO5S. The predicted molar refractivity (Wildman–Crippen MR) is 215 cm³/mol. The minimum Gasteiger partial charge on any atom is -0.481 e. The van der Waals surface area contributed by atoms with Gasteiger partial charge in [-0.1, -0.05) is 58.9 Å². The molecule has 10 atom stereocenters. The van der Waals surface area contributed by atoms with Gasteiger partial charge in [0, 0.05) is 11.8 Å². The van der Waals surface area contributed by atoms with Crippen LogP contribution in [0.1, 0.15) is 151 Å². The van der Waals surface area contributed by atoms with Gasteiger partial charge in [-0.2, -0.15) is 0 Å². The Bertz CT molecular complexity index is 1690. The van der Waals surface area contributed by atoms with Crippen LogP contribution in [-0.2, 0) is 14.6 Å². The second-order valence-corrected chi connectivity index (χ2v) is 23.8. The lowest BCUT2D eigenvalue weighted by Crippen LogP contribution is -2.68. The summed E-state index contributed by atoms with van der Waals surface area (Å²) in [5.74, 6) is 1.79. The Morgan fingerprint density at radius 1 is 0.889 bits per heavy atom. The third-order valence-electron chi connectivity index (χ3n) is 18.8. The summed E-state index contributed by atoms with van der Waals surface area (Å²) < 4.78 is 38.4. The highest BCUT2D eigenvalue weighted by Gasteiger charge is 2.70. The zero-order chi connectivity index (χ0) is 39.3. The van der Waals surface area contributed by atoms with E-state index in [2.05, 4.69) is 65.6 Å². The number of carboxylic acid groups (broad SMARTS) is 1. The fourth-order valence-electron chi connectivity index (χ4n) is 15.5. The number of allylic oxidation sites excluding steroid dienone is 5. The Morgan fingerprint density at radius 3 is 2.19 bits per heavy atom. The van der Waals surface area contributed by atoms with Crippen LogP contribution in [0.5, 0.6) is 0 Å². The summed E-state index contributed by atoms with van der Waals surface area (Å²) in [5.41, 5.74) is 2.54. The minimum atomic E-state index is -3.07. The van der Waals surface area contributed by atoms with Crippen LogP contribution in [0.2, 0.25) is 0 Å². The van der Waals surface area contributed by atoms with Crippen molar-refractivity contribution in [2.24, 2.45) is 56.7 Å². The molecule has 54 heavy (non-hydrogen) atoms. The first-order valence-electron chi connectivity index (χ1n) is 21.6. The van der Waals surface area contributed by atoms with Crippen molar-refractivity contribution in [3.63, 3.8) is 0 Å². The molecule has 0 bridgehead atoms. The normalized spacial score (nSPS) is 47.3. The highest BCUT2D eigenvalue weighted by Crippen LogP contribution is 2.76. The van der Waals surface area contributed by atoms with Crippen molar-refractivity contribution in [1.82, 2.24) is 5.32 Å². The molecule has 304 valence electrons. The van der Waals surface area contributed by atoms with Crippen LogP contribution in [0.25, 0.3) is 0 Å². The number of hydrogen-bond acceptors (Lipinski definition) is 5. The van der Waals surface area contributed by atoms with E-state index in [9.17, 15) is 27.8 Å². The van der Waals surface area contributed by atoms with Crippen molar-refractivity contribution in [1.29, 1.82) is 0 Å². The molecule has 0 aromatic carbocycles. The molecule has 7 aliphatic rings. The van der Waals surface area contributed by atoms with Gasteiger partial charge in [-0.05, 0) is 185 Å². The number of carboxylic acids is 1. The van der Waals surface area contributed by atoms with E-state index in [1.165, 1.54) is 61.5 Å². The molecule has 0 aromatic heterocycles. The number of rotatable bonds is 9. The monoisotopic (exact) mass is 770 g/mol. The smallest absolute Gasteiger partial charge is 0.312 e. The molecule has 0 aliphatic heterocycles. The van der Waals surface area contributed by atoms with E-state index in [0.29, 0.717) is 74.5 Å². The number of halogens is 1. The van der Waals surface area contributed by atoms with Gasteiger partial charge in [-0.3, -0.25) is 4.79 Å². The maximum atomic E-state index is 14.0. The molecule has 5 saturated carbocycles. The van der Waals surface area contributed by atoms with E-state index in [1.807, 2.05) is 0 Å². The molecule has 3 N–H and O–H groups in total. The van der Waals surface area contributed by atoms with Gasteiger partial charge < -0.3 is 15.5 Å². The Kier molecular flexibility index (Phi) is 10.2. The summed E-state index contributed by atoms with van der Waals surface area (Å²) in [6.07, 6.45) is 20.8. The van der Waals surface area contributed by atoms with Crippen molar-refractivity contribution in [2.75, 3.05) is 19.5 Å². The van der Waals surface area contributed by atoms with Gasteiger partial charge in [-0.15, -0.1) is 0 Å². The molecule has 8 heteroatoms. The summed E-state index contributed by atoms with van der Waals surface area (Å²) in [5, 5.41) is 25.2. The summed E-state index contributed by atoms with van der Waals surface area (Å²) in [6, 6.07) is 0. The summed E-state index contributed by atoms with van der Waals surface area (Å²) in [7, 11) is -3.07. The van der Waals surface area contributed by atoms with Crippen LogP contribution in [0, 0.1) is 56.7 Å². The van der Waals surface area contributed by atoms with Crippen LogP contribution in [0.4, 0.5) is 4.39 Å². The molecule has 1 unspecified atom stereocenters. The first-order chi connectivity index (χ1) is 25.1. The fourth-order valence-corrected chi connectivity index (χ4v) is 16.6. The van der Waals surface area contributed by atoms with Crippen molar-refractivity contribution >= 4 is 15.8 Å². The second-order valence-electron chi connectivity index (χ2n) is 21.5. The first-order valence-corrected chi connectivity index (χ1v) is 23.6. The average Bonchev–Trinajstić information content (AvgIpc) is 3.48. The lowest BCUT2D eigenvalue weighted by molar-refractivity contribution is -0.221. The van der Waals surface area contributed by atoms with Gasteiger partial charge >= 0.3 is 5.97 Å². The van der Waals surface area contributed by atoms with Crippen LogP contribution < -0.4 is 5.32 Å². The van der Waals surface area contributed by atoms with Crippen molar-refractivity contribution < 1.29 is 27.8 Å². The second kappa shape index (κ2) is 13.5. The maximum absolute atomic E-state index is 14.0. The van der Waals surface area contributed by atoms with E-state index in [-0.39, 0.29) is 38.9 Å². The van der Waals surface area contributed by atoms with Gasteiger partial charge in [0.15, 0.2) is 0 Å². The van der Waals surface area contributed by atoms with Crippen LogP contribution in [-0.4, -0.2) is 60.5 Å². The molecule has 7 rings (SSSR count). The van der Waals surface area contributed by atoms with E-state index in [1.54, 1.807) is 0 Å². The Hall–Kier alpha value is -1.51. The third kappa shape index (κ3) is 6.09. The van der Waals surface area contributed by atoms with Gasteiger partial charge in [-0.25, -0.2) is 12.8 Å². The Balaban J connectivity index is 1.12. The highest BCUT2D eigenvalue weighted by molar-refractivity contribution is 7.91. The van der Waals surface area contributed by atoms with Gasteiger partial charge in [0.1, 0.15) is 16.5 Å². The van der Waals surface area contributed by atoms with Crippen molar-refractivity contribution in [3.05, 3.63) is 35.5 Å². The molecule has 0 saturated heterocycles. The topological polar surface area (TPSA) is 104 Å². The number of aliphatic carboxylic acids is 1. The molecular weight excluding hydrogens is 698 g/mol. The number of aliphatic hydroxyl groups is 1. The molecule has 0 heterocycles. The first kappa shape index (κ1) is 40.7. The number of alkyl halides is 1. The van der Waals surface area contributed by atoms with Gasteiger partial charge in [0.05, 0.1) is 16.3 Å². The van der Waals surface area contributed by atoms with E-state index < -0.39 is 33.5 Å². The number of sulfone groups is 1. The lowest BCUT2D eigenvalue weighted by atomic mass is 9.33. The quantitative estimate of drug-likeness (QED) is 0.202. The zero-order valence-electron chi connectivity index (χ0n) is 34.7. The molecule has 7 aliphatic carbocycles. The van der Waals surface area contributed by atoms with Gasteiger partial charge in [0.25, 0.3) is 0 Å². The number of fused-ring (bicyclic) bond motifs is 7. The van der Waals surface area contributed by atoms with Crippen molar-refractivity contribution in [3.8, 4) is 0 Å². The Labute approximate surface area is 326 Å². The molecule has 6 nitrogen and oxygen atoms in total. The Morgan fingerprint density at radius 2 is 1.59 bits per heavy atom.